The number of sulfonamides is 1. The van der Waals surface area contributed by atoms with E-state index < -0.39 is 10.0 Å². The Hall–Kier alpha value is -3.40. The Morgan fingerprint density at radius 1 is 1.00 bits per heavy atom. The Morgan fingerprint density at radius 2 is 1.61 bits per heavy atom. The lowest BCUT2D eigenvalue weighted by Gasteiger charge is -2.14. The van der Waals surface area contributed by atoms with Crippen LogP contribution in [0.15, 0.2) is 53.4 Å². The number of ether oxygens (including phenoxy) is 1. The van der Waals surface area contributed by atoms with Crippen molar-refractivity contribution < 1.29 is 17.9 Å². The molecule has 3 aromatic rings. The van der Waals surface area contributed by atoms with Gasteiger partial charge in [0.25, 0.3) is 10.0 Å². The number of benzene rings is 2. The average Bonchev–Trinajstić information content (AvgIpc) is 2.72. The molecule has 0 saturated carbocycles. The molecule has 0 bridgehead atoms. The van der Waals surface area contributed by atoms with Crippen molar-refractivity contribution in [2.75, 3.05) is 23.2 Å². The first-order chi connectivity index (χ1) is 14.8. The molecule has 0 aliphatic carbocycles. The van der Waals surface area contributed by atoms with Gasteiger partial charge in [0, 0.05) is 6.04 Å². The summed E-state index contributed by atoms with van der Waals surface area (Å²) < 4.78 is 33.7. The molecular formula is C21H25N5O4S. The van der Waals surface area contributed by atoms with Crippen LogP contribution in [0.2, 0.25) is 0 Å². The zero-order valence-electron chi connectivity index (χ0n) is 17.5. The van der Waals surface area contributed by atoms with Crippen LogP contribution in [0.3, 0.4) is 0 Å². The van der Waals surface area contributed by atoms with Crippen LogP contribution in [0, 0.1) is 0 Å². The number of nitrogens with one attached hydrogen (secondary N) is 3. The van der Waals surface area contributed by atoms with Gasteiger partial charge in [-0.25, -0.2) is 18.4 Å². The molecule has 2 aromatic carbocycles. The van der Waals surface area contributed by atoms with E-state index in [2.05, 4.69) is 25.3 Å². The van der Waals surface area contributed by atoms with E-state index in [-0.39, 0.29) is 35.0 Å². The van der Waals surface area contributed by atoms with Gasteiger partial charge in [0.2, 0.25) is 5.91 Å². The zero-order chi connectivity index (χ0) is 22.4. The van der Waals surface area contributed by atoms with Crippen LogP contribution in [0.1, 0.15) is 20.8 Å². The van der Waals surface area contributed by atoms with Gasteiger partial charge in [0.15, 0.2) is 11.6 Å². The van der Waals surface area contributed by atoms with Crippen molar-refractivity contribution in [2.24, 2.45) is 0 Å². The highest BCUT2D eigenvalue weighted by atomic mass is 32.2. The van der Waals surface area contributed by atoms with Crippen molar-refractivity contribution in [2.45, 2.75) is 31.7 Å². The van der Waals surface area contributed by atoms with Gasteiger partial charge in [-0.2, -0.15) is 0 Å². The van der Waals surface area contributed by atoms with Gasteiger partial charge < -0.3 is 15.4 Å². The highest BCUT2D eigenvalue weighted by Gasteiger charge is 2.19. The fourth-order valence-electron chi connectivity index (χ4n) is 2.80. The second-order valence-electron chi connectivity index (χ2n) is 7.00. The number of carbonyl (C=O) groups excluding carboxylic acids is 1. The summed E-state index contributed by atoms with van der Waals surface area (Å²) in [5.74, 6) is 0.493. The minimum atomic E-state index is -3.94. The number of hydrogen-bond acceptors (Lipinski definition) is 7. The van der Waals surface area contributed by atoms with E-state index in [4.69, 9.17) is 4.74 Å². The van der Waals surface area contributed by atoms with E-state index in [0.29, 0.717) is 23.4 Å². The van der Waals surface area contributed by atoms with Crippen molar-refractivity contribution in [1.29, 1.82) is 0 Å². The highest BCUT2D eigenvalue weighted by molar-refractivity contribution is 7.92. The third kappa shape index (κ3) is 5.82. The monoisotopic (exact) mass is 443 g/mol. The molecule has 1 amide bonds. The third-order valence-electron chi connectivity index (χ3n) is 4.11. The number of aromatic nitrogens is 2. The minimum absolute atomic E-state index is 0.00457. The zero-order valence-corrected chi connectivity index (χ0v) is 18.4. The van der Waals surface area contributed by atoms with Crippen molar-refractivity contribution in [1.82, 2.24) is 15.3 Å². The molecule has 0 aliphatic heterocycles. The fourth-order valence-corrected chi connectivity index (χ4v) is 3.81. The van der Waals surface area contributed by atoms with E-state index in [0.717, 1.165) is 0 Å². The molecule has 9 nitrogen and oxygen atoms in total. The molecule has 3 N–H and O–H groups in total. The molecule has 0 atom stereocenters. The quantitative estimate of drug-likeness (QED) is 0.465. The molecule has 0 spiro atoms. The lowest BCUT2D eigenvalue weighted by atomic mass is 10.3. The maximum atomic E-state index is 12.9. The molecule has 1 heterocycles. The predicted octanol–water partition coefficient (Wildman–Crippen LogP) is 2.77. The van der Waals surface area contributed by atoms with Crippen molar-refractivity contribution in [3.63, 3.8) is 0 Å². The van der Waals surface area contributed by atoms with Crippen LogP contribution < -0.4 is 20.1 Å². The molecule has 31 heavy (non-hydrogen) atoms. The first kappa shape index (κ1) is 22.3. The highest BCUT2D eigenvalue weighted by Crippen LogP contribution is 2.25. The van der Waals surface area contributed by atoms with Crippen molar-refractivity contribution >= 4 is 38.6 Å². The van der Waals surface area contributed by atoms with Crippen LogP contribution in [0.4, 0.5) is 11.6 Å². The van der Waals surface area contributed by atoms with Crippen molar-refractivity contribution in [3.05, 3.63) is 48.5 Å². The number of rotatable bonds is 9. The number of anilines is 2. The topological polar surface area (TPSA) is 122 Å². The molecule has 0 aliphatic rings. The fraction of sp³-hybridized carbons (Fsp3) is 0.286. The molecular weight excluding hydrogens is 418 g/mol. The molecule has 3 rings (SSSR count). The second kappa shape index (κ2) is 9.61. The number of nitrogens with zero attached hydrogens (tertiary/aromatic N) is 2. The molecule has 1 aromatic heterocycles. The second-order valence-corrected chi connectivity index (χ2v) is 8.68. The van der Waals surface area contributed by atoms with Crippen LogP contribution in [-0.2, 0) is 14.8 Å². The SMILES string of the molecule is CCOc1ccc(S(=O)(=O)Nc2nc3ccccc3nc2NCC(=O)NC(C)C)cc1. The van der Waals surface area contributed by atoms with E-state index >= 15 is 0 Å². The summed E-state index contributed by atoms with van der Waals surface area (Å²) >= 11 is 0. The number of fused-ring (bicyclic) bond motifs is 1. The minimum Gasteiger partial charge on any atom is -0.494 e. The molecule has 0 fully saturated rings. The van der Waals surface area contributed by atoms with Crippen LogP contribution in [-0.4, -0.2) is 43.5 Å². The molecule has 0 radical (unpaired) electrons. The molecule has 0 unspecified atom stereocenters. The summed E-state index contributed by atoms with van der Waals surface area (Å²) in [4.78, 5) is 20.9. The maximum Gasteiger partial charge on any atom is 0.263 e. The van der Waals surface area contributed by atoms with E-state index in [1.54, 1.807) is 36.4 Å². The van der Waals surface area contributed by atoms with Gasteiger partial charge in [-0.05, 0) is 57.2 Å². The standard InChI is InChI=1S/C21H25N5O4S/c1-4-30-15-9-11-16(12-10-15)31(28,29)26-21-20(22-13-19(27)23-14(2)3)24-17-7-5-6-8-18(17)25-21/h5-12,14H,4,13H2,1-3H3,(H,22,24)(H,23,27)(H,25,26). The van der Waals surface area contributed by atoms with E-state index in [1.165, 1.54) is 12.1 Å². The van der Waals surface area contributed by atoms with Gasteiger partial charge in [0.1, 0.15) is 5.75 Å². The first-order valence-electron chi connectivity index (χ1n) is 9.84. The Bertz CT molecular complexity index is 1160. The normalized spacial score (nSPS) is 11.4. The summed E-state index contributed by atoms with van der Waals surface area (Å²) in [5.41, 5.74) is 1.09. The van der Waals surface area contributed by atoms with Gasteiger partial charge in [0.05, 0.1) is 29.1 Å². The van der Waals surface area contributed by atoms with Gasteiger partial charge in [-0.3, -0.25) is 9.52 Å². The lowest BCUT2D eigenvalue weighted by Crippen LogP contribution is -2.35. The molecule has 0 saturated heterocycles. The Kier molecular flexibility index (Phi) is 6.91. The Labute approximate surface area is 181 Å². The van der Waals surface area contributed by atoms with Crippen LogP contribution in [0.25, 0.3) is 11.0 Å². The number of amides is 1. The van der Waals surface area contributed by atoms with Gasteiger partial charge in [-0.15, -0.1) is 0 Å². The smallest absolute Gasteiger partial charge is 0.263 e. The largest absolute Gasteiger partial charge is 0.494 e. The lowest BCUT2D eigenvalue weighted by molar-refractivity contribution is -0.119. The molecule has 10 heteroatoms. The van der Waals surface area contributed by atoms with Gasteiger partial charge in [-0.1, -0.05) is 12.1 Å². The number of carbonyl (C=O) groups is 1. The van der Waals surface area contributed by atoms with Crippen LogP contribution >= 0.6 is 0 Å². The van der Waals surface area contributed by atoms with Gasteiger partial charge >= 0.3 is 0 Å². The number of hydrogen-bond donors (Lipinski definition) is 3. The van der Waals surface area contributed by atoms with E-state index in [9.17, 15) is 13.2 Å². The summed E-state index contributed by atoms with van der Waals surface area (Å²) in [7, 11) is -3.94. The third-order valence-corrected chi connectivity index (χ3v) is 5.47. The van der Waals surface area contributed by atoms with Crippen LogP contribution in [0.5, 0.6) is 5.75 Å². The predicted molar refractivity (Wildman–Crippen MR) is 120 cm³/mol. The Morgan fingerprint density at radius 3 is 2.19 bits per heavy atom. The summed E-state index contributed by atoms with van der Waals surface area (Å²) in [6, 6.07) is 13.1. The maximum absolute atomic E-state index is 12.9. The van der Waals surface area contributed by atoms with Crippen molar-refractivity contribution in [3.8, 4) is 5.75 Å². The Balaban J connectivity index is 1.90. The molecule has 164 valence electrons. The number of para-hydroxylation sites is 2. The summed E-state index contributed by atoms with van der Waals surface area (Å²) in [6.45, 7) is 5.95. The summed E-state index contributed by atoms with van der Waals surface area (Å²) in [5, 5.41) is 5.64. The summed E-state index contributed by atoms with van der Waals surface area (Å²) in [6.07, 6.45) is 0. The average molecular weight is 444 g/mol. The van der Waals surface area contributed by atoms with E-state index in [1.807, 2.05) is 20.8 Å². The first-order valence-corrected chi connectivity index (χ1v) is 11.3.